The van der Waals surface area contributed by atoms with Crippen molar-refractivity contribution in [3.8, 4) is 0 Å². The van der Waals surface area contributed by atoms with Crippen molar-refractivity contribution in [3.05, 3.63) is 22.4 Å². The number of sulfonamides is 1. The lowest BCUT2D eigenvalue weighted by atomic mass is 9.97. The molecule has 1 aliphatic heterocycles. The zero-order chi connectivity index (χ0) is 16.0. The molecule has 0 amide bonds. The van der Waals surface area contributed by atoms with Crippen LogP contribution in [0.5, 0.6) is 0 Å². The Hall–Kier alpha value is -0.430. The van der Waals surface area contributed by atoms with Gasteiger partial charge in [-0.25, -0.2) is 13.1 Å². The first-order valence-corrected chi connectivity index (χ1v) is 10.8. The van der Waals surface area contributed by atoms with Crippen molar-refractivity contribution >= 4 is 21.4 Å². The van der Waals surface area contributed by atoms with Crippen LogP contribution in [0.15, 0.2) is 17.5 Å². The minimum atomic E-state index is -3.15. The van der Waals surface area contributed by atoms with Gasteiger partial charge in [0.05, 0.1) is 11.8 Å². The molecule has 0 radical (unpaired) electrons. The summed E-state index contributed by atoms with van der Waals surface area (Å²) in [5.41, 5.74) is 0. The largest absolute Gasteiger partial charge is 0.294 e. The Morgan fingerprint density at radius 2 is 2.14 bits per heavy atom. The summed E-state index contributed by atoms with van der Waals surface area (Å²) in [5.74, 6) is 1.01. The highest BCUT2D eigenvalue weighted by Crippen LogP contribution is 2.29. The van der Waals surface area contributed by atoms with E-state index in [1.165, 1.54) is 17.7 Å². The number of unbranched alkanes of at least 4 members (excludes halogenated alkanes) is 1. The molecule has 1 unspecified atom stereocenters. The number of hydrogen-bond acceptors (Lipinski definition) is 4. The van der Waals surface area contributed by atoms with E-state index >= 15 is 0 Å². The maximum absolute atomic E-state index is 12.1. The van der Waals surface area contributed by atoms with Gasteiger partial charge in [0.15, 0.2) is 0 Å². The van der Waals surface area contributed by atoms with E-state index in [-0.39, 0.29) is 11.8 Å². The van der Waals surface area contributed by atoms with Gasteiger partial charge in [0, 0.05) is 11.4 Å². The maximum atomic E-state index is 12.1. The van der Waals surface area contributed by atoms with Crippen LogP contribution in [-0.2, 0) is 10.0 Å². The van der Waals surface area contributed by atoms with E-state index in [1.54, 1.807) is 11.3 Å². The van der Waals surface area contributed by atoms with Gasteiger partial charge in [-0.15, -0.1) is 11.3 Å². The van der Waals surface area contributed by atoms with Crippen LogP contribution in [-0.4, -0.2) is 38.7 Å². The molecule has 0 bridgehead atoms. The Morgan fingerprint density at radius 1 is 1.41 bits per heavy atom. The summed E-state index contributed by atoms with van der Waals surface area (Å²) in [6.45, 7) is 6.91. The van der Waals surface area contributed by atoms with Crippen LogP contribution in [0.1, 0.15) is 50.4 Å². The van der Waals surface area contributed by atoms with E-state index < -0.39 is 10.0 Å². The number of nitrogens with one attached hydrogen (secondary N) is 1. The Kier molecular flexibility index (Phi) is 6.87. The maximum Gasteiger partial charge on any atom is 0.211 e. The SMILES string of the molecule is CCCCS(=O)(=O)NCC(c1cccs1)N1CCC(C)CC1. The minimum absolute atomic E-state index is 0.170. The average Bonchev–Trinajstić information content (AvgIpc) is 3.01. The van der Waals surface area contributed by atoms with E-state index in [0.29, 0.717) is 6.54 Å². The molecule has 0 aliphatic carbocycles. The van der Waals surface area contributed by atoms with Crippen LogP contribution in [0.25, 0.3) is 0 Å². The van der Waals surface area contributed by atoms with Gasteiger partial charge < -0.3 is 0 Å². The van der Waals surface area contributed by atoms with Gasteiger partial charge in [-0.2, -0.15) is 0 Å². The van der Waals surface area contributed by atoms with Crippen LogP contribution in [0.2, 0.25) is 0 Å². The van der Waals surface area contributed by atoms with Crippen LogP contribution in [0.3, 0.4) is 0 Å². The van der Waals surface area contributed by atoms with E-state index in [2.05, 4.69) is 28.0 Å². The third kappa shape index (κ3) is 5.33. The summed E-state index contributed by atoms with van der Waals surface area (Å²) < 4.78 is 27.0. The number of piperidine rings is 1. The van der Waals surface area contributed by atoms with Crippen molar-refractivity contribution in [2.45, 2.75) is 45.6 Å². The summed E-state index contributed by atoms with van der Waals surface area (Å²) >= 11 is 1.72. The van der Waals surface area contributed by atoms with Gasteiger partial charge in [-0.05, 0) is 49.7 Å². The Morgan fingerprint density at radius 3 is 2.73 bits per heavy atom. The van der Waals surface area contributed by atoms with Crippen molar-refractivity contribution in [1.82, 2.24) is 9.62 Å². The molecule has 22 heavy (non-hydrogen) atoms. The van der Waals surface area contributed by atoms with Crippen molar-refractivity contribution in [2.24, 2.45) is 5.92 Å². The Bertz CT molecular complexity index is 520. The Balaban J connectivity index is 2.00. The van der Waals surface area contributed by atoms with Crippen molar-refractivity contribution in [1.29, 1.82) is 0 Å². The van der Waals surface area contributed by atoms with Gasteiger partial charge in [-0.1, -0.05) is 26.3 Å². The van der Waals surface area contributed by atoms with E-state index in [4.69, 9.17) is 0 Å². The first-order chi connectivity index (χ1) is 10.5. The van der Waals surface area contributed by atoms with Crippen LogP contribution >= 0.6 is 11.3 Å². The molecule has 0 spiro atoms. The van der Waals surface area contributed by atoms with Crippen molar-refractivity contribution in [3.63, 3.8) is 0 Å². The summed E-state index contributed by atoms with van der Waals surface area (Å²) in [5, 5.41) is 2.07. The molecular weight excluding hydrogens is 316 g/mol. The highest BCUT2D eigenvalue weighted by atomic mass is 32.2. The van der Waals surface area contributed by atoms with Gasteiger partial charge in [0.2, 0.25) is 10.0 Å². The van der Waals surface area contributed by atoms with Crippen LogP contribution in [0, 0.1) is 5.92 Å². The van der Waals surface area contributed by atoms with Gasteiger partial charge in [0.25, 0.3) is 0 Å². The van der Waals surface area contributed by atoms with E-state index in [1.807, 2.05) is 13.0 Å². The topological polar surface area (TPSA) is 49.4 Å². The summed E-state index contributed by atoms with van der Waals surface area (Å²) in [6.07, 6.45) is 4.02. The summed E-state index contributed by atoms with van der Waals surface area (Å²) in [6, 6.07) is 4.34. The molecule has 1 atom stereocenters. The van der Waals surface area contributed by atoms with Crippen LogP contribution < -0.4 is 4.72 Å². The molecule has 1 aromatic heterocycles. The van der Waals surface area contributed by atoms with Gasteiger partial charge in [-0.3, -0.25) is 4.90 Å². The lowest BCUT2D eigenvalue weighted by Crippen LogP contribution is -2.42. The average molecular weight is 345 g/mol. The molecule has 6 heteroatoms. The highest BCUT2D eigenvalue weighted by Gasteiger charge is 2.26. The standard InChI is InChI=1S/C16H28N2O2S2/c1-3-4-12-22(19,20)17-13-15(16-6-5-11-21-16)18-9-7-14(2)8-10-18/h5-6,11,14-15,17H,3-4,7-10,12-13H2,1-2H3. The zero-order valence-corrected chi connectivity index (χ0v) is 15.3. The molecule has 1 aliphatic rings. The second kappa shape index (κ2) is 8.43. The third-order valence-electron chi connectivity index (χ3n) is 4.39. The van der Waals surface area contributed by atoms with Gasteiger partial charge >= 0.3 is 0 Å². The molecule has 126 valence electrons. The van der Waals surface area contributed by atoms with Crippen molar-refractivity contribution < 1.29 is 8.42 Å². The van der Waals surface area contributed by atoms with Crippen LogP contribution in [0.4, 0.5) is 0 Å². The first kappa shape index (κ1) is 17.9. The first-order valence-electron chi connectivity index (χ1n) is 8.26. The number of hydrogen-bond donors (Lipinski definition) is 1. The lowest BCUT2D eigenvalue weighted by molar-refractivity contribution is 0.141. The Labute approximate surface area is 139 Å². The number of nitrogens with zero attached hydrogens (tertiary/aromatic N) is 1. The number of thiophene rings is 1. The normalized spacial score (nSPS) is 19.4. The molecular formula is C16H28N2O2S2. The second-order valence-electron chi connectivity index (χ2n) is 6.27. The van der Waals surface area contributed by atoms with E-state index in [9.17, 15) is 8.42 Å². The fraction of sp³-hybridized carbons (Fsp3) is 0.750. The lowest BCUT2D eigenvalue weighted by Gasteiger charge is -2.36. The number of rotatable bonds is 8. The third-order valence-corrected chi connectivity index (χ3v) is 6.80. The smallest absolute Gasteiger partial charge is 0.211 e. The van der Waals surface area contributed by atoms with Crippen molar-refractivity contribution in [2.75, 3.05) is 25.4 Å². The molecule has 0 aromatic carbocycles. The molecule has 0 saturated carbocycles. The van der Waals surface area contributed by atoms with E-state index in [0.717, 1.165) is 31.8 Å². The predicted octanol–water partition coefficient (Wildman–Crippen LogP) is 3.24. The van der Waals surface area contributed by atoms with Gasteiger partial charge in [0.1, 0.15) is 0 Å². The molecule has 1 N–H and O–H groups in total. The predicted molar refractivity (Wildman–Crippen MR) is 93.7 cm³/mol. The molecule has 4 nitrogen and oxygen atoms in total. The minimum Gasteiger partial charge on any atom is -0.294 e. The summed E-state index contributed by atoms with van der Waals surface area (Å²) in [4.78, 5) is 3.70. The number of likely N-dealkylation sites (tertiary alicyclic amines) is 1. The molecule has 1 saturated heterocycles. The molecule has 1 fully saturated rings. The molecule has 2 heterocycles. The fourth-order valence-corrected chi connectivity index (χ4v) is 4.93. The second-order valence-corrected chi connectivity index (χ2v) is 9.18. The zero-order valence-electron chi connectivity index (χ0n) is 13.6. The molecule has 1 aromatic rings. The molecule has 2 rings (SSSR count). The summed E-state index contributed by atoms with van der Waals surface area (Å²) in [7, 11) is -3.15. The highest BCUT2D eigenvalue weighted by molar-refractivity contribution is 7.89. The fourth-order valence-electron chi connectivity index (χ4n) is 2.84. The quantitative estimate of drug-likeness (QED) is 0.787. The monoisotopic (exact) mass is 344 g/mol.